The predicted molar refractivity (Wildman–Crippen MR) is 100 cm³/mol. The fraction of sp³-hybridized carbons (Fsp3) is 0.263. The van der Waals surface area contributed by atoms with Gasteiger partial charge in [-0.25, -0.2) is 9.78 Å². The number of aromatic nitrogens is 3. The van der Waals surface area contributed by atoms with E-state index in [1.807, 2.05) is 0 Å². The lowest BCUT2D eigenvalue weighted by atomic mass is 10.0. The van der Waals surface area contributed by atoms with Gasteiger partial charge in [-0.2, -0.15) is 18.3 Å². The lowest BCUT2D eigenvalue weighted by Crippen LogP contribution is -2.19. The number of pyridine rings is 1. The van der Waals surface area contributed by atoms with Gasteiger partial charge in [0.1, 0.15) is 11.4 Å². The van der Waals surface area contributed by atoms with Crippen LogP contribution in [0.15, 0.2) is 30.5 Å². The molecule has 0 fully saturated rings. The van der Waals surface area contributed by atoms with Crippen molar-refractivity contribution in [3.63, 3.8) is 0 Å². The average Bonchev–Trinajstić information content (AvgIpc) is 3.11. The Morgan fingerprint density at radius 1 is 1.27 bits per heavy atom. The molecule has 0 unspecified atom stereocenters. The molecule has 0 aliphatic heterocycles. The van der Waals surface area contributed by atoms with Crippen molar-refractivity contribution in [1.82, 2.24) is 14.8 Å². The number of nitrogens with one attached hydrogen (secondary N) is 1. The fourth-order valence-corrected chi connectivity index (χ4v) is 2.95. The first kappa shape index (κ1) is 21.2. The van der Waals surface area contributed by atoms with Crippen molar-refractivity contribution in [3.05, 3.63) is 53.0 Å². The Hall–Kier alpha value is -3.47. The highest BCUT2D eigenvalue weighted by molar-refractivity contribution is 6.10. The van der Waals surface area contributed by atoms with Gasteiger partial charge >= 0.3 is 12.1 Å². The van der Waals surface area contributed by atoms with E-state index in [1.54, 1.807) is 17.8 Å². The predicted octanol–water partition coefficient (Wildman–Crippen LogP) is 3.09. The van der Waals surface area contributed by atoms with E-state index in [1.165, 1.54) is 6.07 Å². The van der Waals surface area contributed by atoms with Gasteiger partial charge in [-0.1, -0.05) is 6.07 Å². The molecule has 2 heterocycles. The molecule has 158 valence electrons. The summed E-state index contributed by atoms with van der Waals surface area (Å²) in [6.07, 6.45) is -2.63. The quantitative estimate of drug-likeness (QED) is 0.562. The van der Waals surface area contributed by atoms with Crippen LogP contribution < -0.4 is 5.32 Å². The SMILES string of the molecule is Cc1c(NC(=O)c2cccc(C(F)(F)F)n2)c(C(=O)O)cc2nn(CCCO)cc12. The smallest absolute Gasteiger partial charge is 0.433 e. The van der Waals surface area contributed by atoms with Crippen LogP contribution in [-0.4, -0.2) is 43.5 Å². The van der Waals surface area contributed by atoms with Gasteiger partial charge in [0.25, 0.3) is 5.91 Å². The molecule has 0 saturated carbocycles. The van der Waals surface area contributed by atoms with Crippen molar-refractivity contribution in [3.8, 4) is 0 Å². The van der Waals surface area contributed by atoms with Crippen molar-refractivity contribution in [2.45, 2.75) is 26.1 Å². The molecule has 1 amide bonds. The average molecular weight is 422 g/mol. The zero-order valence-electron chi connectivity index (χ0n) is 15.7. The molecule has 3 rings (SSSR count). The van der Waals surface area contributed by atoms with Gasteiger partial charge in [-0.05, 0) is 37.1 Å². The molecule has 0 atom stereocenters. The number of anilines is 1. The maximum atomic E-state index is 12.9. The van der Waals surface area contributed by atoms with E-state index >= 15 is 0 Å². The highest BCUT2D eigenvalue weighted by atomic mass is 19.4. The van der Waals surface area contributed by atoms with E-state index < -0.39 is 29.4 Å². The third-order valence-electron chi connectivity index (χ3n) is 4.41. The van der Waals surface area contributed by atoms with Crippen molar-refractivity contribution in [2.24, 2.45) is 0 Å². The number of alkyl halides is 3. The number of carboxylic acid groups (broad SMARTS) is 1. The number of hydrogen-bond acceptors (Lipinski definition) is 5. The van der Waals surface area contributed by atoms with Crippen LogP contribution >= 0.6 is 0 Å². The molecule has 0 spiro atoms. The number of halogens is 3. The van der Waals surface area contributed by atoms with Gasteiger partial charge < -0.3 is 15.5 Å². The monoisotopic (exact) mass is 422 g/mol. The van der Waals surface area contributed by atoms with Crippen molar-refractivity contribution in [2.75, 3.05) is 11.9 Å². The van der Waals surface area contributed by atoms with E-state index in [-0.39, 0.29) is 17.9 Å². The first-order valence-electron chi connectivity index (χ1n) is 8.82. The van der Waals surface area contributed by atoms with Crippen molar-refractivity contribution in [1.29, 1.82) is 0 Å². The molecule has 0 aliphatic rings. The van der Waals surface area contributed by atoms with Crippen molar-refractivity contribution < 1.29 is 33.0 Å². The molecule has 3 aromatic rings. The molecular formula is C19H17F3N4O4. The zero-order chi connectivity index (χ0) is 22.1. The summed E-state index contributed by atoms with van der Waals surface area (Å²) in [5.74, 6) is -2.31. The lowest BCUT2D eigenvalue weighted by molar-refractivity contribution is -0.141. The largest absolute Gasteiger partial charge is 0.478 e. The number of carboxylic acids is 1. The normalized spacial score (nSPS) is 11.6. The van der Waals surface area contributed by atoms with Gasteiger partial charge in [0, 0.05) is 24.7 Å². The number of fused-ring (bicyclic) bond motifs is 1. The van der Waals surface area contributed by atoms with Crippen LogP contribution in [0.1, 0.15) is 38.5 Å². The molecule has 30 heavy (non-hydrogen) atoms. The van der Waals surface area contributed by atoms with E-state index in [9.17, 15) is 27.9 Å². The number of carbonyl (C=O) groups is 2. The van der Waals surface area contributed by atoms with Gasteiger partial charge in [-0.15, -0.1) is 0 Å². The number of carbonyl (C=O) groups excluding carboxylic acids is 1. The first-order chi connectivity index (χ1) is 14.1. The summed E-state index contributed by atoms with van der Waals surface area (Å²) in [5.41, 5.74) is -1.28. The van der Waals surface area contributed by atoms with E-state index in [4.69, 9.17) is 5.11 Å². The number of amides is 1. The number of aliphatic hydroxyl groups excluding tert-OH is 1. The summed E-state index contributed by atoms with van der Waals surface area (Å²) < 4.78 is 40.1. The topological polar surface area (TPSA) is 117 Å². The molecular weight excluding hydrogens is 405 g/mol. The van der Waals surface area contributed by atoms with Gasteiger partial charge in [0.2, 0.25) is 0 Å². The minimum Gasteiger partial charge on any atom is -0.478 e. The molecule has 2 aromatic heterocycles. The molecule has 0 aliphatic carbocycles. The van der Waals surface area contributed by atoms with Crippen molar-refractivity contribution >= 4 is 28.5 Å². The Morgan fingerprint density at radius 3 is 2.63 bits per heavy atom. The standard InChI is InChI=1S/C19H17F3N4O4/c1-10-12-9-26(6-3-7-27)25-14(12)8-11(18(29)30)16(10)24-17(28)13-4-2-5-15(23-13)19(20,21)22/h2,4-5,8-9,27H,3,6-7H2,1H3,(H,24,28)(H,29,30). The highest BCUT2D eigenvalue weighted by Gasteiger charge is 2.33. The van der Waals surface area contributed by atoms with Crippen LogP contribution in [0.4, 0.5) is 18.9 Å². The number of benzene rings is 1. The molecule has 0 radical (unpaired) electrons. The van der Waals surface area contributed by atoms with E-state index in [2.05, 4.69) is 15.4 Å². The fourth-order valence-electron chi connectivity index (χ4n) is 2.95. The zero-order valence-corrected chi connectivity index (χ0v) is 15.7. The van der Waals surface area contributed by atoms with Crippen LogP contribution in [0.5, 0.6) is 0 Å². The molecule has 11 heteroatoms. The summed E-state index contributed by atoms with van der Waals surface area (Å²) in [6.45, 7) is 1.94. The third kappa shape index (κ3) is 4.25. The number of rotatable bonds is 6. The highest BCUT2D eigenvalue weighted by Crippen LogP contribution is 2.31. The summed E-state index contributed by atoms with van der Waals surface area (Å²) >= 11 is 0. The van der Waals surface area contributed by atoms with Gasteiger partial charge in [0.15, 0.2) is 0 Å². The Kier molecular flexibility index (Phi) is 5.74. The number of aromatic carboxylic acids is 1. The van der Waals surface area contributed by atoms with E-state index in [0.717, 1.165) is 18.2 Å². The number of aryl methyl sites for hydroxylation is 2. The minimum absolute atomic E-state index is 0.0408. The molecule has 0 saturated heterocycles. The second-order valence-electron chi connectivity index (χ2n) is 6.49. The third-order valence-corrected chi connectivity index (χ3v) is 4.41. The second kappa shape index (κ2) is 8.11. The van der Waals surface area contributed by atoms with Gasteiger partial charge in [0.05, 0.1) is 16.8 Å². The maximum absolute atomic E-state index is 12.9. The number of hydrogen-bond donors (Lipinski definition) is 3. The molecule has 0 bridgehead atoms. The second-order valence-corrected chi connectivity index (χ2v) is 6.49. The molecule has 3 N–H and O–H groups in total. The molecule has 1 aromatic carbocycles. The lowest BCUT2D eigenvalue weighted by Gasteiger charge is -2.13. The summed E-state index contributed by atoms with van der Waals surface area (Å²) in [5, 5.41) is 25.7. The summed E-state index contributed by atoms with van der Waals surface area (Å²) in [7, 11) is 0. The minimum atomic E-state index is -4.72. The Labute approximate surface area is 168 Å². The van der Waals surface area contributed by atoms with Crippen LogP contribution in [0, 0.1) is 6.92 Å². The Balaban J connectivity index is 2.02. The number of nitrogens with zero attached hydrogens (tertiary/aromatic N) is 3. The Morgan fingerprint density at radius 2 is 2.00 bits per heavy atom. The van der Waals surface area contributed by atoms with Crippen LogP contribution in [0.25, 0.3) is 10.9 Å². The summed E-state index contributed by atoms with van der Waals surface area (Å²) in [6, 6.07) is 4.16. The van der Waals surface area contributed by atoms with Gasteiger partial charge in [-0.3, -0.25) is 9.48 Å². The van der Waals surface area contributed by atoms with Crippen LogP contribution in [0.2, 0.25) is 0 Å². The molecule has 8 nitrogen and oxygen atoms in total. The number of aliphatic hydroxyl groups is 1. The van der Waals surface area contributed by atoms with Crippen LogP contribution in [-0.2, 0) is 12.7 Å². The maximum Gasteiger partial charge on any atom is 0.433 e. The first-order valence-corrected chi connectivity index (χ1v) is 8.82. The van der Waals surface area contributed by atoms with E-state index in [0.29, 0.717) is 29.4 Å². The summed E-state index contributed by atoms with van der Waals surface area (Å²) in [4.78, 5) is 27.6. The van der Waals surface area contributed by atoms with Crippen LogP contribution in [0.3, 0.4) is 0 Å². The Bertz CT molecular complexity index is 1120.